The number of hydrogen-bond acceptors (Lipinski definition) is 7. The molecule has 1 aromatic rings. The molecule has 1 aliphatic rings. The highest BCUT2D eigenvalue weighted by molar-refractivity contribution is 7.89. The summed E-state index contributed by atoms with van der Waals surface area (Å²) in [6.07, 6.45) is 0.0498. The van der Waals surface area contributed by atoms with Crippen molar-refractivity contribution in [3.8, 4) is 11.5 Å². The molecule has 3 N–H and O–H groups in total. The van der Waals surface area contributed by atoms with Crippen LogP contribution in [0.15, 0.2) is 23.1 Å². The molecule has 1 atom stereocenters. The van der Waals surface area contributed by atoms with Gasteiger partial charge in [-0.3, -0.25) is 9.59 Å². The topological polar surface area (TPSA) is 139 Å². The Morgan fingerprint density at radius 2 is 1.75 bits per heavy atom. The number of sulfonamides is 1. The number of hydrogen-bond donors (Lipinski definition) is 2. The number of methoxy groups -OCH3 is 2. The number of aliphatic carboxylic acids is 1. The highest BCUT2D eigenvalue weighted by Gasteiger charge is 2.31. The van der Waals surface area contributed by atoms with Gasteiger partial charge < -0.3 is 25.2 Å². The zero-order valence-electron chi connectivity index (χ0n) is 15.8. The van der Waals surface area contributed by atoms with Gasteiger partial charge in [-0.25, -0.2) is 8.42 Å². The molecule has 1 aromatic carbocycles. The Bertz CT molecular complexity index is 820. The second-order valence-corrected chi connectivity index (χ2v) is 8.22. The van der Waals surface area contributed by atoms with Gasteiger partial charge in [0.15, 0.2) is 11.5 Å². The lowest BCUT2D eigenvalue weighted by Crippen LogP contribution is -2.50. The summed E-state index contributed by atoms with van der Waals surface area (Å²) in [7, 11) is -0.854. The van der Waals surface area contributed by atoms with Crippen LogP contribution in [0.25, 0.3) is 0 Å². The van der Waals surface area contributed by atoms with Gasteiger partial charge in [0.1, 0.15) is 6.04 Å². The molecule has 28 heavy (non-hydrogen) atoms. The van der Waals surface area contributed by atoms with Crippen molar-refractivity contribution in [2.75, 3.05) is 40.4 Å². The predicted octanol–water partition coefficient (Wildman–Crippen LogP) is -0.271. The molecule has 11 heteroatoms. The van der Waals surface area contributed by atoms with E-state index in [4.69, 9.17) is 20.3 Å². The van der Waals surface area contributed by atoms with E-state index in [0.717, 1.165) is 0 Å². The molecule has 0 unspecified atom stereocenters. The van der Waals surface area contributed by atoms with E-state index in [1.54, 1.807) is 0 Å². The molecule has 0 spiro atoms. The first kappa shape index (κ1) is 21.9. The lowest BCUT2D eigenvalue weighted by atomic mass is 10.1. The summed E-state index contributed by atoms with van der Waals surface area (Å²) in [5.41, 5.74) is 5.41. The van der Waals surface area contributed by atoms with Gasteiger partial charge in [-0.2, -0.15) is 4.31 Å². The second-order valence-electron chi connectivity index (χ2n) is 6.29. The maximum atomic E-state index is 12.9. The number of amides is 1. The number of carbonyl (C=O) groups is 2. The van der Waals surface area contributed by atoms with E-state index in [1.807, 2.05) is 0 Å². The standard InChI is InChI=1S/C17H25N3O7S/c1-26-14-5-3-12(11-15(14)27-2)28(24,25)20-9-7-19(8-10-20)16(21)6-4-13(18)17(22)23/h3,5,11,13H,4,6-10,18H2,1-2H3,(H,22,23)/t13-/m0/s1. The van der Waals surface area contributed by atoms with Gasteiger partial charge in [0.2, 0.25) is 15.9 Å². The summed E-state index contributed by atoms with van der Waals surface area (Å²) in [6, 6.07) is 3.29. The summed E-state index contributed by atoms with van der Waals surface area (Å²) in [6.45, 7) is 0.752. The number of ether oxygens (including phenoxy) is 2. The molecule has 1 saturated heterocycles. The third kappa shape index (κ3) is 4.91. The Labute approximate surface area is 163 Å². The maximum absolute atomic E-state index is 12.9. The largest absolute Gasteiger partial charge is 0.493 e. The van der Waals surface area contributed by atoms with E-state index in [-0.39, 0.29) is 49.8 Å². The van der Waals surface area contributed by atoms with Crippen LogP contribution in [0.1, 0.15) is 12.8 Å². The van der Waals surface area contributed by atoms with Gasteiger partial charge in [0, 0.05) is 38.7 Å². The average molecular weight is 415 g/mol. The van der Waals surface area contributed by atoms with Crippen LogP contribution in [0.2, 0.25) is 0 Å². The first-order chi connectivity index (χ1) is 13.2. The van der Waals surface area contributed by atoms with Crippen molar-refractivity contribution in [2.45, 2.75) is 23.8 Å². The van der Waals surface area contributed by atoms with Crippen molar-refractivity contribution in [2.24, 2.45) is 5.73 Å². The van der Waals surface area contributed by atoms with Crippen LogP contribution in [-0.4, -0.2) is 81.0 Å². The highest BCUT2D eigenvalue weighted by Crippen LogP contribution is 2.30. The van der Waals surface area contributed by atoms with Crippen molar-refractivity contribution in [3.63, 3.8) is 0 Å². The Morgan fingerprint density at radius 1 is 1.14 bits per heavy atom. The minimum Gasteiger partial charge on any atom is -0.493 e. The number of piperazine rings is 1. The summed E-state index contributed by atoms with van der Waals surface area (Å²) in [5, 5.41) is 8.77. The Hall–Kier alpha value is -2.37. The van der Waals surface area contributed by atoms with E-state index in [9.17, 15) is 18.0 Å². The van der Waals surface area contributed by atoms with Gasteiger partial charge in [-0.15, -0.1) is 0 Å². The molecule has 0 bridgehead atoms. The number of nitrogens with two attached hydrogens (primary N) is 1. The van der Waals surface area contributed by atoms with Gasteiger partial charge in [-0.1, -0.05) is 0 Å². The van der Waals surface area contributed by atoms with Crippen LogP contribution in [0, 0.1) is 0 Å². The highest BCUT2D eigenvalue weighted by atomic mass is 32.2. The SMILES string of the molecule is COc1ccc(S(=O)(=O)N2CCN(C(=O)CC[C@H](N)C(=O)O)CC2)cc1OC. The Morgan fingerprint density at radius 3 is 2.29 bits per heavy atom. The molecular formula is C17H25N3O7S. The van der Waals surface area contributed by atoms with E-state index in [1.165, 1.54) is 41.6 Å². The average Bonchev–Trinajstić information content (AvgIpc) is 2.70. The fraction of sp³-hybridized carbons (Fsp3) is 0.529. The molecule has 2 rings (SSSR count). The van der Waals surface area contributed by atoms with Crippen LogP contribution in [0.4, 0.5) is 0 Å². The third-order valence-corrected chi connectivity index (χ3v) is 6.47. The zero-order chi connectivity index (χ0) is 20.9. The molecule has 0 saturated carbocycles. The van der Waals surface area contributed by atoms with E-state index < -0.39 is 22.0 Å². The van der Waals surface area contributed by atoms with Crippen LogP contribution < -0.4 is 15.2 Å². The quantitative estimate of drug-likeness (QED) is 0.591. The van der Waals surface area contributed by atoms with Gasteiger partial charge in [-0.05, 0) is 18.6 Å². The molecule has 1 heterocycles. The Balaban J connectivity index is 2.00. The molecular weight excluding hydrogens is 390 g/mol. The minimum absolute atomic E-state index is 0.00982. The zero-order valence-corrected chi connectivity index (χ0v) is 16.6. The predicted molar refractivity (Wildman–Crippen MR) is 99.7 cm³/mol. The molecule has 10 nitrogen and oxygen atoms in total. The molecule has 1 aliphatic heterocycles. The normalized spacial score (nSPS) is 16.5. The molecule has 156 valence electrons. The van der Waals surface area contributed by atoms with E-state index in [0.29, 0.717) is 11.5 Å². The maximum Gasteiger partial charge on any atom is 0.320 e. The summed E-state index contributed by atoms with van der Waals surface area (Å²) in [4.78, 5) is 24.5. The number of carbonyl (C=O) groups excluding carboxylic acids is 1. The first-order valence-electron chi connectivity index (χ1n) is 8.69. The van der Waals surface area contributed by atoms with Crippen molar-refractivity contribution < 1.29 is 32.6 Å². The lowest BCUT2D eigenvalue weighted by molar-refractivity contribution is -0.139. The van der Waals surface area contributed by atoms with Crippen molar-refractivity contribution in [1.82, 2.24) is 9.21 Å². The number of carboxylic acid groups (broad SMARTS) is 1. The van der Waals surface area contributed by atoms with Crippen LogP contribution in [-0.2, 0) is 19.6 Å². The second kappa shape index (κ2) is 9.22. The van der Waals surface area contributed by atoms with Gasteiger partial charge >= 0.3 is 5.97 Å². The van der Waals surface area contributed by atoms with Gasteiger partial charge in [0.25, 0.3) is 0 Å². The number of benzene rings is 1. The lowest BCUT2D eigenvalue weighted by Gasteiger charge is -2.34. The fourth-order valence-corrected chi connectivity index (χ4v) is 4.30. The van der Waals surface area contributed by atoms with E-state index >= 15 is 0 Å². The fourth-order valence-electron chi connectivity index (χ4n) is 2.86. The van der Waals surface area contributed by atoms with Crippen molar-refractivity contribution in [3.05, 3.63) is 18.2 Å². The number of carboxylic acids is 1. The number of rotatable bonds is 8. The van der Waals surface area contributed by atoms with Crippen LogP contribution in [0.3, 0.4) is 0 Å². The third-order valence-electron chi connectivity index (χ3n) is 4.57. The summed E-state index contributed by atoms with van der Waals surface area (Å²) < 4.78 is 37.3. The van der Waals surface area contributed by atoms with Gasteiger partial charge in [0.05, 0.1) is 19.1 Å². The number of nitrogens with zero attached hydrogens (tertiary/aromatic N) is 2. The Kier molecular flexibility index (Phi) is 7.22. The van der Waals surface area contributed by atoms with Crippen molar-refractivity contribution >= 4 is 21.9 Å². The molecule has 0 aliphatic carbocycles. The van der Waals surface area contributed by atoms with E-state index in [2.05, 4.69) is 0 Å². The summed E-state index contributed by atoms with van der Waals surface area (Å²) >= 11 is 0. The molecule has 1 amide bonds. The first-order valence-corrected chi connectivity index (χ1v) is 10.1. The smallest absolute Gasteiger partial charge is 0.320 e. The summed E-state index contributed by atoms with van der Waals surface area (Å²) in [5.74, 6) is -0.651. The van der Waals surface area contributed by atoms with Crippen LogP contribution in [0.5, 0.6) is 11.5 Å². The minimum atomic E-state index is -3.74. The van der Waals surface area contributed by atoms with Crippen LogP contribution >= 0.6 is 0 Å². The monoisotopic (exact) mass is 415 g/mol. The molecule has 1 fully saturated rings. The molecule has 0 radical (unpaired) electrons. The van der Waals surface area contributed by atoms with Crippen molar-refractivity contribution in [1.29, 1.82) is 0 Å². The molecule has 0 aromatic heterocycles.